The van der Waals surface area contributed by atoms with E-state index in [4.69, 9.17) is 11.6 Å². The fraction of sp³-hybridized carbons (Fsp3) is 0.158. The highest BCUT2D eigenvalue weighted by Gasteiger charge is 2.25. The molecule has 1 unspecified atom stereocenters. The van der Waals surface area contributed by atoms with Crippen LogP contribution in [0.25, 0.3) is 0 Å². The highest BCUT2D eigenvalue weighted by atomic mass is 35.5. The number of halogens is 2. The Morgan fingerprint density at radius 3 is 2.79 bits per heavy atom. The zero-order chi connectivity index (χ0) is 21.0. The lowest BCUT2D eigenvalue weighted by molar-refractivity contribution is -0.137. The van der Waals surface area contributed by atoms with Crippen molar-refractivity contribution in [3.8, 4) is 0 Å². The average molecular weight is 417 g/mol. The highest BCUT2D eigenvalue weighted by molar-refractivity contribution is 6.80. The molecule has 3 rings (SSSR count). The van der Waals surface area contributed by atoms with Crippen molar-refractivity contribution in [2.75, 3.05) is 0 Å². The number of benzene rings is 1. The molecule has 2 heterocycles. The largest absolute Gasteiger partial charge is 0.479 e. The van der Waals surface area contributed by atoms with Crippen LogP contribution in [0, 0.1) is 5.82 Å². The van der Waals surface area contributed by atoms with Crippen LogP contribution in [-0.2, 0) is 4.79 Å². The number of carbonyl (C=O) groups is 1. The van der Waals surface area contributed by atoms with Crippen LogP contribution < -0.4 is 16.1 Å². The van der Waals surface area contributed by atoms with Crippen molar-refractivity contribution in [1.29, 1.82) is 0 Å². The number of rotatable bonds is 5. The van der Waals surface area contributed by atoms with Gasteiger partial charge in [-0.1, -0.05) is 30.3 Å². The highest BCUT2D eigenvalue weighted by Crippen LogP contribution is 2.19. The Hall–Kier alpha value is -3.46. The lowest BCUT2D eigenvalue weighted by Gasteiger charge is -2.26. The summed E-state index contributed by atoms with van der Waals surface area (Å²) in [6, 6.07) is 4.67. The Morgan fingerprint density at radius 2 is 2.10 bits per heavy atom. The number of nitrogens with one attached hydrogen (secondary N) is 3. The van der Waals surface area contributed by atoms with E-state index in [1.165, 1.54) is 30.6 Å². The summed E-state index contributed by atoms with van der Waals surface area (Å²) in [5.41, 5.74) is 4.16. The Bertz CT molecular complexity index is 981. The van der Waals surface area contributed by atoms with E-state index in [1.54, 1.807) is 12.1 Å². The van der Waals surface area contributed by atoms with Gasteiger partial charge >= 0.3 is 5.97 Å². The predicted molar refractivity (Wildman–Crippen MR) is 110 cm³/mol. The Labute approximate surface area is 171 Å². The predicted octanol–water partition coefficient (Wildman–Crippen LogP) is 2.40. The third-order valence-corrected chi connectivity index (χ3v) is 4.29. The first kappa shape index (κ1) is 20.3. The lowest BCUT2D eigenvalue weighted by atomic mass is 10.1. The number of hydrogen-bond acceptors (Lipinski definition) is 7. The number of aliphatic imine (C=N–C) groups is 2. The standard InChI is InChI=1S/C19H18ClFN6O2/c1-10(12-3-5-13(21)6-4-12)25-17-7-15(19(28)29)26-18(27-17)14-8-22-23-9-16(20)24-11(14)2/h3-10,15,22,25H,2H2,1H3,(H,26,27)(H,28,29)/b14-8?,23-9-,24-16?/t10-,15?/m0/s1. The summed E-state index contributed by atoms with van der Waals surface area (Å²) in [6.45, 7) is 5.72. The van der Waals surface area contributed by atoms with Crippen LogP contribution in [0.1, 0.15) is 18.5 Å². The topological polar surface area (TPSA) is 110 Å². The first-order chi connectivity index (χ1) is 13.8. The van der Waals surface area contributed by atoms with Crippen LogP contribution in [-0.4, -0.2) is 34.3 Å². The van der Waals surface area contributed by atoms with Gasteiger partial charge < -0.3 is 15.7 Å². The molecule has 1 aromatic carbocycles. The zero-order valence-corrected chi connectivity index (χ0v) is 16.1. The molecule has 29 heavy (non-hydrogen) atoms. The van der Waals surface area contributed by atoms with Crippen molar-refractivity contribution < 1.29 is 14.3 Å². The number of nitrogens with zero attached hydrogens (tertiary/aromatic N) is 3. The summed E-state index contributed by atoms with van der Waals surface area (Å²) in [7, 11) is 0. The molecule has 0 radical (unpaired) electrons. The molecule has 4 N–H and O–H groups in total. The molecular weight excluding hydrogens is 399 g/mol. The minimum atomic E-state index is -1.13. The van der Waals surface area contributed by atoms with Crippen LogP contribution in [0.3, 0.4) is 0 Å². The summed E-state index contributed by atoms with van der Waals surface area (Å²) in [5.74, 6) is -0.798. The average Bonchev–Trinajstić information content (AvgIpc) is 2.66. The molecule has 1 aromatic rings. The van der Waals surface area contributed by atoms with Crippen molar-refractivity contribution >= 4 is 34.8 Å². The monoisotopic (exact) mass is 416 g/mol. The molecule has 0 bridgehead atoms. The molecule has 0 aromatic heterocycles. The van der Waals surface area contributed by atoms with E-state index >= 15 is 0 Å². The quantitative estimate of drug-likeness (QED) is 0.589. The molecule has 0 saturated heterocycles. The van der Waals surface area contributed by atoms with Crippen LogP contribution >= 0.6 is 11.6 Å². The fourth-order valence-corrected chi connectivity index (χ4v) is 2.80. The molecule has 150 valence electrons. The normalized spacial score (nSPS) is 21.1. The zero-order valence-electron chi connectivity index (χ0n) is 15.4. The number of aliphatic carboxylic acids is 1. The molecule has 2 aliphatic rings. The maximum Gasteiger partial charge on any atom is 0.332 e. The van der Waals surface area contributed by atoms with E-state index < -0.39 is 12.0 Å². The number of carboxylic acid groups (broad SMARTS) is 1. The molecule has 8 nitrogen and oxygen atoms in total. The van der Waals surface area contributed by atoms with Crippen LogP contribution in [0.4, 0.5) is 4.39 Å². The Kier molecular flexibility index (Phi) is 6.08. The van der Waals surface area contributed by atoms with E-state index in [9.17, 15) is 14.3 Å². The molecule has 0 aliphatic carbocycles. The molecule has 2 aliphatic heterocycles. The van der Waals surface area contributed by atoms with Gasteiger partial charge in [-0.2, -0.15) is 5.10 Å². The molecule has 10 heteroatoms. The van der Waals surface area contributed by atoms with E-state index in [-0.39, 0.29) is 28.6 Å². The van der Waals surface area contributed by atoms with Crippen molar-refractivity contribution in [3.05, 3.63) is 71.6 Å². The molecule has 2 atom stereocenters. The Balaban J connectivity index is 1.85. The lowest BCUT2D eigenvalue weighted by Crippen LogP contribution is -2.40. The summed E-state index contributed by atoms with van der Waals surface area (Å²) in [4.78, 5) is 19.9. The molecular formula is C19H18ClFN6O2. The van der Waals surface area contributed by atoms with E-state index in [1.807, 2.05) is 6.92 Å². The van der Waals surface area contributed by atoms with Crippen molar-refractivity contribution in [2.24, 2.45) is 15.1 Å². The second kappa shape index (κ2) is 8.70. The van der Waals surface area contributed by atoms with Crippen molar-refractivity contribution in [2.45, 2.75) is 19.0 Å². The van der Waals surface area contributed by atoms with Crippen molar-refractivity contribution in [1.82, 2.24) is 16.1 Å². The number of hydrazone groups is 1. The smallest absolute Gasteiger partial charge is 0.332 e. The number of amidine groups is 1. The van der Waals surface area contributed by atoms with Crippen LogP contribution in [0.5, 0.6) is 0 Å². The second-order valence-corrected chi connectivity index (χ2v) is 6.60. The minimum absolute atomic E-state index is 0.109. The van der Waals surface area contributed by atoms with Gasteiger partial charge in [-0.25, -0.2) is 19.2 Å². The maximum atomic E-state index is 13.2. The van der Waals surface area contributed by atoms with E-state index in [0.717, 1.165) is 5.56 Å². The summed E-state index contributed by atoms with van der Waals surface area (Å²) in [5, 5.41) is 19.7. The SMILES string of the molecule is C=C1N=C(Cl)/C=N\NC=C1C1=NC(C(=O)O)C=C(N[C@@H](C)c2ccc(F)cc2)N1. The van der Waals surface area contributed by atoms with Gasteiger partial charge in [0.25, 0.3) is 0 Å². The molecule has 0 amide bonds. The molecule has 0 spiro atoms. The van der Waals surface area contributed by atoms with Crippen molar-refractivity contribution in [3.63, 3.8) is 0 Å². The third-order valence-electron chi connectivity index (χ3n) is 4.10. The van der Waals surface area contributed by atoms with Gasteiger partial charge in [0.15, 0.2) is 6.04 Å². The number of carboxylic acids is 1. The summed E-state index contributed by atoms with van der Waals surface area (Å²) < 4.78 is 13.2. The second-order valence-electron chi connectivity index (χ2n) is 6.21. The third kappa shape index (κ3) is 5.08. The van der Waals surface area contributed by atoms with E-state index in [0.29, 0.717) is 11.4 Å². The summed E-state index contributed by atoms with van der Waals surface area (Å²) in [6.07, 6.45) is 4.25. The van der Waals surface area contributed by atoms with Gasteiger partial charge in [0, 0.05) is 12.2 Å². The van der Waals surface area contributed by atoms with Gasteiger partial charge in [-0.15, -0.1) is 0 Å². The first-order valence-electron chi connectivity index (χ1n) is 8.57. The molecule has 0 fully saturated rings. The van der Waals surface area contributed by atoms with Gasteiger partial charge in [-0.3, -0.25) is 5.43 Å². The van der Waals surface area contributed by atoms with Crippen LogP contribution in [0.2, 0.25) is 0 Å². The summed E-state index contributed by atoms with van der Waals surface area (Å²) >= 11 is 5.92. The minimum Gasteiger partial charge on any atom is -0.479 e. The van der Waals surface area contributed by atoms with Crippen LogP contribution in [0.15, 0.2) is 75.3 Å². The first-order valence-corrected chi connectivity index (χ1v) is 8.95. The maximum absolute atomic E-state index is 13.2. The fourth-order valence-electron chi connectivity index (χ4n) is 2.65. The van der Waals surface area contributed by atoms with Gasteiger partial charge in [-0.05, 0) is 30.7 Å². The van der Waals surface area contributed by atoms with Gasteiger partial charge in [0.05, 0.1) is 17.5 Å². The Morgan fingerprint density at radius 1 is 1.38 bits per heavy atom. The van der Waals surface area contributed by atoms with Gasteiger partial charge in [0.2, 0.25) is 0 Å². The number of hydrogen-bond donors (Lipinski definition) is 4. The molecule has 0 saturated carbocycles. The van der Waals surface area contributed by atoms with E-state index in [2.05, 4.69) is 37.7 Å². The van der Waals surface area contributed by atoms with Gasteiger partial charge in [0.1, 0.15) is 22.6 Å².